The summed E-state index contributed by atoms with van der Waals surface area (Å²) in [6.45, 7) is 3.71. The van der Waals surface area contributed by atoms with Gasteiger partial charge in [0.2, 0.25) is 11.5 Å². The van der Waals surface area contributed by atoms with Crippen molar-refractivity contribution in [3.8, 4) is 5.88 Å². The van der Waals surface area contributed by atoms with Gasteiger partial charge in [0.1, 0.15) is 0 Å². The zero-order valence-electron chi connectivity index (χ0n) is 19.2. The molecule has 2 saturated heterocycles. The summed E-state index contributed by atoms with van der Waals surface area (Å²) in [5.41, 5.74) is 0.158. The molecule has 2 aromatic rings. The monoisotopic (exact) mass is 468 g/mol. The number of H-pyrrole nitrogens is 1. The third kappa shape index (κ3) is 3.60. The number of carbonyl (C=O) groups excluding carboxylic acids is 2. The van der Waals surface area contributed by atoms with Crippen molar-refractivity contribution in [3.05, 3.63) is 33.8 Å². The average molecular weight is 469 g/mol. The number of hydrogen-bond acceptors (Lipinski definition) is 5. The predicted molar refractivity (Wildman–Crippen MR) is 121 cm³/mol. The van der Waals surface area contributed by atoms with Crippen LogP contribution in [0.3, 0.4) is 0 Å². The second-order valence-electron chi connectivity index (χ2n) is 10.5. The molecule has 0 aromatic carbocycles. The Labute approximate surface area is 196 Å². The highest BCUT2D eigenvalue weighted by atomic mass is 16.5. The van der Waals surface area contributed by atoms with Crippen LogP contribution in [0.1, 0.15) is 61.4 Å². The van der Waals surface area contributed by atoms with Crippen LogP contribution in [0.4, 0.5) is 0 Å². The molecule has 180 valence electrons. The van der Waals surface area contributed by atoms with Crippen molar-refractivity contribution >= 4 is 23.5 Å². The van der Waals surface area contributed by atoms with Crippen LogP contribution >= 0.6 is 0 Å². The highest BCUT2D eigenvalue weighted by Crippen LogP contribution is 2.45. The first-order valence-electron chi connectivity index (χ1n) is 12.1. The lowest BCUT2D eigenvalue weighted by Crippen LogP contribution is -2.48. The van der Waals surface area contributed by atoms with Gasteiger partial charge in [0.25, 0.3) is 5.91 Å². The van der Waals surface area contributed by atoms with E-state index >= 15 is 0 Å². The SMILES string of the molecule is CC1(C[n+]2c(O)c(C(=O)NC3CC3)c(=O)n3[nH]cc(/C=C/C(=O)N4C5CCC4COC5)c32)CC1. The van der Waals surface area contributed by atoms with Gasteiger partial charge in [0, 0.05) is 17.5 Å². The summed E-state index contributed by atoms with van der Waals surface area (Å²) in [6, 6.07) is 0.278. The average Bonchev–Trinajstić information content (AvgIpc) is 3.70. The number of morpholine rings is 1. The maximum atomic E-state index is 13.2. The van der Waals surface area contributed by atoms with Gasteiger partial charge in [-0.2, -0.15) is 4.57 Å². The van der Waals surface area contributed by atoms with E-state index in [0.717, 1.165) is 38.5 Å². The Kier molecular flexibility index (Phi) is 4.84. The summed E-state index contributed by atoms with van der Waals surface area (Å²) in [7, 11) is 0. The van der Waals surface area contributed by atoms with Crippen LogP contribution in [0.15, 0.2) is 17.1 Å². The molecule has 2 unspecified atom stereocenters. The predicted octanol–water partition coefficient (Wildman–Crippen LogP) is 0.716. The Morgan fingerprint density at radius 3 is 2.62 bits per heavy atom. The fourth-order valence-corrected chi connectivity index (χ4v) is 5.21. The smallest absolute Gasteiger partial charge is 0.378 e. The number of ether oxygens (including phenoxy) is 1. The second kappa shape index (κ2) is 7.69. The van der Waals surface area contributed by atoms with Gasteiger partial charge in [0.15, 0.2) is 0 Å². The van der Waals surface area contributed by atoms with Crippen LogP contribution in [0, 0.1) is 5.41 Å². The molecule has 4 fully saturated rings. The molecule has 0 spiro atoms. The fourth-order valence-electron chi connectivity index (χ4n) is 5.21. The highest BCUT2D eigenvalue weighted by Gasteiger charge is 2.43. The third-order valence-corrected chi connectivity index (χ3v) is 7.65. The van der Waals surface area contributed by atoms with Crippen molar-refractivity contribution in [2.24, 2.45) is 5.41 Å². The van der Waals surface area contributed by atoms with Gasteiger partial charge in [0.05, 0.1) is 43.6 Å². The van der Waals surface area contributed by atoms with E-state index in [4.69, 9.17) is 4.74 Å². The standard InChI is InChI=1S/C24H29N5O5/c1-24(8-9-24)13-27-21-14(2-7-18(30)28-16-5-6-17(28)12-34-11-16)10-25-29(21)23(33)19(22(27)32)20(31)26-15-3-4-15/h2,7,10,15-17H,3-6,8-9,11-13H2,1H3,(H2,26,31,32,33)/p+1/b7-2+. The minimum Gasteiger partial charge on any atom is -0.477 e. The molecular weight excluding hydrogens is 438 g/mol. The maximum absolute atomic E-state index is 13.2. The van der Waals surface area contributed by atoms with Crippen LogP contribution in [-0.4, -0.2) is 62.8 Å². The largest absolute Gasteiger partial charge is 0.477 e. The van der Waals surface area contributed by atoms with E-state index in [1.165, 1.54) is 10.6 Å². The van der Waals surface area contributed by atoms with Gasteiger partial charge >= 0.3 is 17.1 Å². The molecule has 2 amide bonds. The fraction of sp³-hybridized carbons (Fsp3) is 0.583. The molecule has 2 atom stereocenters. The molecule has 2 bridgehead atoms. The number of nitrogens with one attached hydrogen (secondary N) is 2. The van der Waals surface area contributed by atoms with Gasteiger partial charge in [-0.05, 0) is 44.6 Å². The zero-order valence-corrected chi connectivity index (χ0v) is 19.2. The number of carbonyl (C=O) groups is 2. The van der Waals surface area contributed by atoms with Gasteiger partial charge in [-0.25, -0.2) is 9.89 Å². The van der Waals surface area contributed by atoms with E-state index in [9.17, 15) is 19.5 Å². The van der Waals surface area contributed by atoms with E-state index in [2.05, 4.69) is 17.3 Å². The van der Waals surface area contributed by atoms with Gasteiger partial charge < -0.3 is 20.1 Å². The topological polar surface area (TPSA) is 120 Å². The number of rotatable bonds is 6. The molecule has 3 N–H and O–H groups in total. The van der Waals surface area contributed by atoms with Gasteiger partial charge in [-0.3, -0.25) is 9.59 Å². The first kappa shape index (κ1) is 21.4. The Morgan fingerprint density at radius 1 is 1.26 bits per heavy atom. The third-order valence-electron chi connectivity index (χ3n) is 7.65. The molecular formula is C24H30N5O5+. The molecule has 2 aliphatic heterocycles. The lowest BCUT2D eigenvalue weighted by atomic mass is 10.1. The Morgan fingerprint density at radius 2 is 1.97 bits per heavy atom. The van der Waals surface area contributed by atoms with E-state index in [-0.39, 0.29) is 40.9 Å². The number of aromatic hydroxyl groups is 1. The van der Waals surface area contributed by atoms with Crippen molar-refractivity contribution in [2.45, 2.75) is 70.1 Å². The summed E-state index contributed by atoms with van der Waals surface area (Å²) < 4.78 is 8.49. The van der Waals surface area contributed by atoms with E-state index < -0.39 is 11.5 Å². The summed E-state index contributed by atoms with van der Waals surface area (Å²) >= 11 is 0. The van der Waals surface area contributed by atoms with Gasteiger partial charge in [-0.1, -0.05) is 11.4 Å². The van der Waals surface area contributed by atoms with Crippen LogP contribution in [0.25, 0.3) is 11.7 Å². The van der Waals surface area contributed by atoms with Crippen LogP contribution < -0.4 is 15.4 Å². The van der Waals surface area contributed by atoms with Crippen LogP contribution in [-0.2, 0) is 16.1 Å². The summed E-state index contributed by atoms with van der Waals surface area (Å²) in [5.74, 6) is -0.968. The number of hydrogen-bond donors (Lipinski definition) is 3. The Bertz CT molecular complexity index is 1250. The number of fused-ring (bicyclic) bond motifs is 3. The van der Waals surface area contributed by atoms with Crippen LogP contribution in [0.2, 0.25) is 0 Å². The summed E-state index contributed by atoms with van der Waals surface area (Å²) in [5, 5.41) is 16.9. The minimum atomic E-state index is -0.611. The second-order valence-corrected chi connectivity index (χ2v) is 10.5. The van der Waals surface area contributed by atoms with E-state index in [1.807, 2.05) is 4.90 Å². The zero-order chi connectivity index (χ0) is 23.6. The Hall–Kier alpha value is -3.14. The molecule has 6 rings (SSSR count). The number of aromatic amines is 1. The minimum absolute atomic E-state index is 0.00859. The quantitative estimate of drug-likeness (QED) is 0.426. The van der Waals surface area contributed by atoms with Gasteiger partial charge in [-0.15, -0.1) is 0 Å². The van der Waals surface area contributed by atoms with Crippen molar-refractivity contribution in [2.75, 3.05) is 13.2 Å². The first-order valence-corrected chi connectivity index (χ1v) is 12.1. The van der Waals surface area contributed by atoms with Crippen molar-refractivity contribution in [1.29, 1.82) is 0 Å². The number of aromatic nitrogens is 3. The molecule has 4 aliphatic rings. The normalized spacial score (nSPS) is 25.3. The molecule has 4 heterocycles. The lowest BCUT2D eigenvalue weighted by Gasteiger charge is -2.33. The molecule has 0 radical (unpaired) electrons. The number of amides is 2. The van der Waals surface area contributed by atoms with Crippen molar-refractivity contribution < 1.29 is 24.0 Å². The first-order chi connectivity index (χ1) is 16.3. The van der Waals surface area contributed by atoms with Crippen molar-refractivity contribution in [3.63, 3.8) is 0 Å². The molecule has 34 heavy (non-hydrogen) atoms. The molecule has 2 aromatic heterocycles. The highest BCUT2D eigenvalue weighted by molar-refractivity contribution is 5.96. The lowest BCUT2D eigenvalue weighted by molar-refractivity contribution is -0.689. The number of nitrogens with zero attached hydrogens (tertiary/aromatic N) is 3. The van der Waals surface area contributed by atoms with Crippen LogP contribution in [0.5, 0.6) is 5.88 Å². The molecule has 10 nitrogen and oxygen atoms in total. The van der Waals surface area contributed by atoms with Crippen molar-refractivity contribution in [1.82, 2.24) is 19.8 Å². The van der Waals surface area contributed by atoms with E-state index in [0.29, 0.717) is 31.0 Å². The summed E-state index contributed by atoms with van der Waals surface area (Å²) in [6.07, 6.45) is 10.5. The molecule has 10 heteroatoms. The maximum Gasteiger partial charge on any atom is 0.378 e. The Balaban J connectivity index is 1.39. The van der Waals surface area contributed by atoms with E-state index in [1.54, 1.807) is 16.8 Å². The summed E-state index contributed by atoms with van der Waals surface area (Å²) in [4.78, 5) is 40.9. The molecule has 2 saturated carbocycles. The molecule has 2 aliphatic carbocycles.